The first-order valence-corrected chi connectivity index (χ1v) is 9.71. The normalized spacial score (nSPS) is 12.2. The van der Waals surface area contributed by atoms with Crippen LogP contribution in [0.3, 0.4) is 0 Å². The zero-order valence-electron chi connectivity index (χ0n) is 13.3. The van der Waals surface area contributed by atoms with E-state index in [0.717, 1.165) is 38.4 Å². The highest BCUT2D eigenvalue weighted by Crippen LogP contribution is 2.08. The van der Waals surface area contributed by atoms with E-state index in [1.807, 2.05) is 0 Å². The van der Waals surface area contributed by atoms with Gasteiger partial charge in [0.15, 0.2) is 0 Å². The first kappa shape index (κ1) is 19.9. The van der Waals surface area contributed by atoms with E-state index in [9.17, 15) is 8.42 Å². The first-order valence-electron chi connectivity index (χ1n) is 8.00. The van der Waals surface area contributed by atoms with Crippen LogP contribution in [0.1, 0.15) is 71.6 Å². The van der Waals surface area contributed by atoms with Gasteiger partial charge in [-0.2, -0.15) is 0 Å². The Balaban J connectivity index is 3.06. The predicted octanol–water partition coefficient (Wildman–Crippen LogP) is 3.46. The Labute approximate surface area is 125 Å². The molecule has 20 heavy (non-hydrogen) atoms. The van der Waals surface area contributed by atoms with E-state index in [-0.39, 0.29) is 5.75 Å². The van der Waals surface area contributed by atoms with Crippen molar-refractivity contribution in [1.82, 2.24) is 0 Å². The molecule has 0 bridgehead atoms. The molecule has 0 amide bonds. The van der Waals surface area contributed by atoms with Crippen LogP contribution < -0.4 is 5.14 Å². The first-order chi connectivity index (χ1) is 9.42. The Kier molecular flexibility index (Phi) is 12.5. The molecule has 0 aliphatic rings. The molecule has 0 aromatic carbocycles. The number of ether oxygens (including phenoxy) is 1. The van der Waals surface area contributed by atoms with Crippen LogP contribution in [-0.4, -0.2) is 27.4 Å². The highest BCUT2D eigenvalue weighted by molar-refractivity contribution is 7.89. The van der Waals surface area contributed by atoms with Crippen LogP contribution in [-0.2, 0) is 14.8 Å². The molecule has 0 spiro atoms. The summed E-state index contributed by atoms with van der Waals surface area (Å²) in [5.74, 6) is 0.893. The van der Waals surface area contributed by atoms with Crippen LogP contribution in [0.5, 0.6) is 0 Å². The molecule has 0 unspecified atom stereocenters. The van der Waals surface area contributed by atoms with E-state index in [4.69, 9.17) is 9.88 Å². The minimum Gasteiger partial charge on any atom is -0.381 e. The van der Waals surface area contributed by atoms with Crippen molar-refractivity contribution in [1.29, 1.82) is 0 Å². The second-order valence-corrected chi connectivity index (χ2v) is 7.72. The molecule has 0 aliphatic heterocycles. The Hall–Kier alpha value is -0.130. The number of nitrogens with two attached hydrogens (primary N) is 1. The van der Waals surface area contributed by atoms with Gasteiger partial charge in [-0.25, -0.2) is 13.6 Å². The zero-order chi connectivity index (χ0) is 15.3. The average molecular weight is 307 g/mol. The Morgan fingerprint density at radius 1 is 0.850 bits per heavy atom. The van der Waals surface area contributed by atoms with Crippen molar-refractivity contribution in [2.24, 2.45) is 11.1 Å². The number of primary sulfonamides is 1. The Morgan fingerprint density at radius 2 is 1.35 bits per heavy atom. The SMILES string of the molecule is CC(C)CCCOCCCCCCCCCS(N)(=O)=O. The summed E-state index contributed by atoms with van der Waals surface area (Å²) >= 11 is 0. The lowest BCUT2D eigenvalue weighted by Gasteiger charge is -2.06. The molecular weight excluding hydrogens is 274 g/mol. The summed E-state index contributed by atoms with van der Waals surface area (Å²) in [5.41, 5.74) is 0. The lowest BCUT2D eigenvalue weighted by Crippen LogP contribution is -2.16. The molecule has 5 heteroatoms. The van der Waals surface area contributed by atoms with Gasteiger partial charge in [-0.15, -0.1) is 0 Å². The number of rotatable bonds is 14. The fraction of sp³-hybridized carbons (Fsp3) is 1.00. The average Bonchev–Trinajstić information content (AvgIpc) is 2.33. The van der Waals surface area contributed by atoms with Crippen molar-refractivity contribution in [2.45, 2.75) is 71.6 Å². The number of unbranched alkanes of at least 4 members (excludes halogenated alkanes) is 6. The smallest absolute Gasteiger partial charge is 0.209 e. The maximum atomic E-state index is 10.7. The van der Waals surface area contributed by atoms with E-state index >= 15 is 0 Å². The fourth-order valence-corrected chi connectivity index (χ4v) is 2.69. The molecule has 0 saturated carbocycles. The van der Waals surface area contributed by atoms with Crippen LogP contribution in [0.15, 0.2) is 0 Å². The minimum absolute atomic E-state index is 0.122. The molecule has 0 aromatic heterocycles. The van der Waals surface area contributed by atoms with E-state index in [0.29, 0.717) is 6.42 Å². The van der Waals surface area contributed by atoms with E-state index < -0.39 is 10.0 Å². The molecule has 0 heterocycles. The number of hydrogen-bond donors (Lipinski definition) is 1. The summed E-state index contributed by atoms with van der Waals surface area (Å²) in [7, 11) is -3.26. The van der Waals surface area contributed by atoms with Gasteiger partial charge in [0.05, 0.1) is 5.75 Å². The lowest BCUT2D eigenvalue weighted by atomic mass is 10.1. The third-order valence-electron chi connectivity index (χ3n) is 3.29. The fourth-order valence-electron chi connectivity index (χ4n) is 2.09. The van der Waals surface area contributed by atoms with Crippen molar-refractivity contribution >= 4 is 10.0 Å². The standard InChI is InChI=1S/C15H33NO3S/c1-15(2)11-10-13-19-12-8-6-4-3-5-7-9-14-20(16,17)18/h15H,3-14H2,1-2H3,(H2,16,17,18). The molecule has 0 atom stereocenters. The number of sulfonamides is 1. The second-order valence-electron chi connectivity index (χ2n) is 5.99. The van der Waals surface area contributed by atoms with Gasteiger partial charge in [0, 0.05) is 13.2 Å². The van der Waals surface area contributed by atoms with Crippen molar-refractivity contribution in [2.75, 3.05) is 19.0 Å². The topological polar surface area (TPSA) is 69.4 Å². The van der Waals surface area contributed by atoms with E-state index in [1.54, 1.807) is 0 Å². The van der Waals surface area contributed by atoms with Gasteiger partial charge in [-0.3, -0.25) is 0 Å². The van der Waals surface area contributed by atoms with Gasteiger partial charge in [0.25, 0.3) is 0 Å². The van der Waals surface area contributed by atoms with Crippen LogP contribution in [0.4, 0.5) is 0 Å². The van der Waals surface area contributed by atoms with Gasteiger partial charge in [0.1, 0.15) is 0 Å². The maximum Gasteiger partial charge on any atom is 0.209 e. The summed E-state index contributed by atoms with van der Waals surface area (Å²) in [6, 6.07) is 0. The van der Waals surface area contributed by atoms with Crippen LogP contribution >= 0.6 is 0 Å². The van der Waals surface area contributed by atoms with Gasteiger partial charge in [-0.05, 0) is 31.6 Å². The van der Waals surface area contributed by atoms with Crippen molar-refractivity contribution in [3.8, 4) is 0 Å². The molecule has 2 N–H and O–H groups in total. The largest absolute Gasteiger partial charge is 0.381 e. The summed E-state index contributed by atoms with van der Waals surface area (Å²) in [6.07, 6.45) is 9.91. The molecular formula is C15H33NO3S. The van der Waals surface area contributed by atoms with E-state index in [1.165, 1.54) is 32.1 Å². The molecule has 0 radical (unpaired) electrons. The van der Waals surface area contributed by atoms with Gasteiger partial charge >= 0.3 is 0 Å². The highest BCUT2D eigenvalue weighted by atomic mass is 32.2. The van der Waals surface area contributed by atoms with Crippen molar-refractivity contribution < 1.29 is 13.2 Å². The monoisotopic (exact) mass is 307 g/mol. The van der Waals surface area contributed by atoms with Crippen molar-refractivity contribution in [3.05, 3.63) is 0 Å². The maximum absolute atomic E-state index is 10.7. The summed E-state index contributed by atoms with van der Waals surface area (Å²) < 4.78 is 27.0. The molecule has 0 aromatic rings. The second kappa shape index (κ2) is 12.6. The molecule has 0 saturated heterocycles. The van der Waals surface area contributed by atoms with Crippen LogP contribution in [0.2, 0.25) is 0 Å². The molecule has 0 rings (SSSR count). The third-order valence-corrected chi connectivity index (χ3v) is 4.15. The van der Waals surface area contributed by atoms with Gasteiger partial charge in [-0.1, -0.05) is 46.0 Å². The molecule has 0 aliphatic carbocycles. The molecule has 122 valence electrons. The summed E-state index contributed by atoms with van der Waals surface area (Å²) in [5, 5.41) is 4.94. The number of hydrogen-bond acceptors (Lipinski definition) is 3. The lowest BCUT2D eigenvalue weighted by molar-refractivity contribution is 0.124. The summed E-state index contributed by atoms with van der Waals surface area (Å²) in [4.78, 5) is 0. The quantitative estimate of drug-likeness (QED) is 0.500. The Bertz CT molecular complexity index is 302. The molecule has 0 fully saturated rings. The predicted molar refractivity (Wildman–Crippen MR) is 85.2 cm³/mol. The van der Waals surface area contributed by atoms with Crippen molar-refractivity contribution in [3.63, 3.8) is 0 Å². The Morgan fingerprint density at radius 3 is 1.90 bits per heavy atom. The third kappa shape index (κ3) is 17.9. The van der Waals surface area contributed by atoms with Gasteiger partial charge in [0.2, 0.25) is 10.0 Å². The van der Waals surface area contributed by atoms with Crippen LogP contribution in [0.25, 0.3) is 0 Å². The zero-order valence-corrected chi connectivity index (χ0v) is 14.1. The van der Waals surface area contributed by atoms with Crippen LogP contribution in [0, 0.1) is 5.92 Å². The minimum atomic E-state index is -3.26. The highest BCUT2D eigenvalue weighted by Gasteiger charge is 2.01. The summed E-state index contributed by atoms with van der Waals surface area (Å²) in [6.45, 7) is 6.25. The van der Waals surface area contributed by atoms with E-state index in [2.05, 4.69) is 13.8 Å². The molecule has 4 nitrogen and oxygen atoms in total. The van der Waals surface area contributed by atoms with Gasteiger partial charge < -0.3 is 4.74 Å².